The van der Waals surface area contributed by atoms with Gasteiger partial charge in [-0.25, -0.2) is 9.78 Å². The Morgan fingerprint density at radius 1 is 1.30 bits per heavy atom. The fourth-order valence-electron chi connectivity index (χ4n) is 3.83. The largest absolute Gasteiger partial charge is 0.478 e. The molecule has 1 unspecified atom stereocenters. The number of imidazole rings is 1. The topological polar surface area (TPSA) is 71.5 Å². The van der Waals surface area contributed by atoms with E-state index in [2.05, 4.69) is 14.5 Å². The average molecular weight is 365 g/mol. The normalized spacial score (nSPS) is 17.4. The van der Waals surface area contributed by atoms with E-state index < -0.39 is 5.97 Å². The molecule has 1 atom stereocenters. The van der Waals surface area contributed by atoms with Crippen LogP contribution >= 0.6 is 0 Å². The van der Waals surface area contributed by atoms with Crippen LogP contribution in [0.4, 0.5) is 0 Å². The average Bonchev–Trinajstić information content (AvgIpc) is 3.39. The summed E-state index contributed by atoms with van der Waals surface area (Å²) in [7, 11) is 2.03. The zero-order valence-corrected chi connectivity index (χ0v) is 15.3. The number of hydrogen-bond donors (Lipinski definition) is 1. The number of aromatic nitrogens is 2. The van der Waals surface area contributed by atoms with E-state index in [-0.39, 0.29) is 5.56 Å². The van der Waals surface area contributed by atoms with Gasteiger partial charge in [0.05, 0.1) is 12.1 Å². The molecule has 1 aromatic carbocycles. The summed E-state index contributed by atoms with van der Waals surface area (Å²) < 4.78 is 8.08. The van der Waals surface area contributed by atoms with Crippen LogP contribution in [0.5, 0.6) is 0 Å². The quantitative estimate of drug-likeness (QED) is 0.723. The molecule has 3 heterocycles. The molecule has 1 saturated heterocycles. The van der Waals surface area contributed by atoms with Gasteiger partial charge in [0.25, 0.3) is 0 Å². The van der Waals surface area contributed by atoms with Crippen LogP contribution in [0.25, 0.3) is 11.3 Å². The molecule has 1 N–H and O–H groups in total. The summed E-state index contributed by atoms with van der Waals surface area (Å²) in [5, 5.41) is 9.39. The first-order valence-corrected chi connectivity index (χ1v) is 9.23. The van der Waals surface area contributed by atoms with E-state index in [1.54, 1.807) is 18.2 Å². The van der Waals surface area contributed by atoms with Gasteiger partial charge in [0.1, 0.15) is 17.3 Å². The lowest BCUT2D eigenvalue weighted by Crippen LogP contribution is -2.31. The minimum absolute atomic E-state index is 0.257. The molecule has 0 amide bonds. The maximum absolute atomic E-state index is 11.4. The number of hydrogen-bond acceptors (Lipinski definition) is 4. The molecule has 1 aliphatic rings. The zero-order chi connectivity index (χ0) is 18.8. The standard InChI is InChI=1S/C21H23N3O3/c1-23-12-10-22-20(23)13-15-5-4-11-24(15)14-16-8-9-19(27-16)17-6-2-3-7-18(17)21(25)26/h2-3,6-10,12,15H,4-5,11,13-14H2,1H3,(H,25,26). The van der Waals surface area contributed by atoms with E-state index in [4.69, 9.17) is 4.42 Å². The number of rotatable bonds is 6. The number of nitrogens with zero attached hydrogens (tertiary/aromatic N) is 3. The monoisotopic (exact) mass is 365 g/mol. The summed E-state index contributed by atoms with van der Waals surface area (Å²) in [5.41, 5.74) is 0.870. The van der Waals surface area contributed by atoms with E-state index in [1.165, 1.54) is 6.42 Å². The van der Waals surface area contributed by atoms with Crippen molar-refractivity contribution in [2.45, 2.75) is 31.8 Å². The number of aryl methyl sites for hydroxylation is 1. The van der Waals surface area contributed by atoms with Crippen LogP contribution < -0.4 is 0 Å². The summed E-state index contributed by atoms with van der Waals surface area (Å²) in [6.45, 7) is 1.77. The summed E-state index contributed by atoms with van der Waals surface area (Å²) >= 11 is 0. The van der Waals surface area contributed by atoms with Crippen molar-refractivity contribution < 1.29 is 14.3 Å². The van der Waals surface area contributed by atoms with Crippen LogP contribution in [0, 0.1) is 0 Å². The lowest BCUT2D eigenvalue weighted by atomic mass is 10.1. The Balaban J connectivity index is 1.49. The highest BCUT2D eigenvalue weighted by Crippen LogP contribution is 2.28. The van der Waals surface area contributed by atoms with Gasteiger partial charge in [-0.1, -0.05) is 18.2 Å². The number of furan rings is 1. The van der Waals surface area contributed by atoms with Crippen molar-refractivity contribution in [1.82, 2.24) is 14.5 Å². The van der Waals surface area contributed by atoms with Gasteiger partial charge in [-0.05, 0) is 37.6 Å². The van der Waals surface area contributed by atoms with Crippen LogP contribution in [0.3, 0.4) is 0 Å². The second-order valence-electron chi connectivity index (χ2n) is 7.04. The summed E-state index contributed by atoms with van der Waals surface area (Å²) in [5.74, 6) is 1.61. The molecule has 140 valence electrons. The molecule has 6 nitrogen and oxygen atoms in total. The first-order chi connectivity index (χ1) is 13.1. The molecule has 27 heavy (non-hydrogen) atoms. The van der Waals surface area contributed by atoms with Gasteiger partial charge in [-0.2, -0.15) is 0 Å². The molecule has 4 rings (SSSR count). The summed E-state index contributed by atoms with van der Waals surface area (Å²) in [6, 6.07) is 11.2. The Morgan fingerprint density at radius 3 is 2.93 bits per heavy atom. The second-order valence-corrected chi connectivity index (χ2v) is 7.04. The van der Waals surface area contributed by atoms with Crippen molar-refractivity contribution in [3.8, 4) is 11.3 Å². The third-order valence-corrected chi connectivity index (χ3v) is 5.28. The number of carboxylic acids is 1. The Labute approximate surface area is 158 Å². The molecule has 1 aliphatic heterocycles. The van der Waals surface area contributed by atoms with Crippen LogP contribution in [-0.2, 0) is 20.0 Å². The highest BCUT2D eigenvalue weighted by atomic mass is 16.4. The number of benzene rings is 1. The van der Waals surface area contributed by atoms with Gasteiger partial charge in [-0.15, -0.1) is 0 Å². The van der Waals surface area contributed by atoms with Crippen molar-refractivity contribution in [3.63, 3.8) is 0 Å². The van der Waals surface area contributed by atoms with Crippen LogP contribution in [-0.4, -0.2) is 38.1 Å². The Kier molecular flexibility index (Phi) is 4.81. The van der Waals surface area contributed by atoms with E-state index >= 15 is 0 Å². The molecule has 3 aromatic rings. The van der Waals surface area contributed by atoms with Gasteiger partial charge < -0.3 is 14.1 Å². The summed E-state index contributed by atoms with van der Waals surface area (Å²) in [6.07, 6.45) is 7.08. The highest BCUT2D eigenvalue weighted by molar-refractivity contribution is 5.95. The van der Waals surface area contributed by atoms with Gasteiger partial charge >= 0.3 is 5.97 Å². The SMILES string of the molecule is Cn1ccnc1CC1CCCN1Cc1ccc(-c2ccccc2C(=O)O)o1. The maximum atomic E-state index is 11.4. The first-order valence-electron chi connectivity index (χ1n) is 9.23. The van der Waals surface area contributed by atoms with Gasteiger partial charge in [0, 0.05) is 37.5 Å². The molecule has 1 fully saturated rings. The Hall–Kier alpha value is -2.86. The molecule has 0 spiro atoms. The Morgan fingerprint density at radius 2 is 2.15 bits per heavy atom. The molecular weight excluding hydrogens is 342 g/mol. The van der Waals surface area contributed by atoms with Crippen molar-refractivity contribution in [2.75, 3.05) is 6.54 Å². The van der Waals surface area contributed by atoms with Gasteiger partial charge in [-0.3, -0.25) is 4.90 Å². The molecule has 0 saturated carbocycles. The molecule has 0 bridgehead atoms. The van der Waals surface area contributed by atoms with E-state index in [0.717, 1.165) is 37.5 Å². The molecule has 6 heteroatoms. The fourth-order valence-corrected chi connectivity index (χ4v) is 3.83. The zero-order valence-electron chi connectivity index (χ0n) is 15.3. The molecule has 0 radical (unpaired) electrons. The lowest BCUT2D eigenvalue weighted by Gasteiger charge is -2.23. The van der Waals surface area contributed by atoms with E-state index in [9.17, 15) is 9.90 Å². The van der Waals surface area contributed by atoms with E-state index in [1.807, 2.05) is 37.6 Å². The van der Waals surface area contributed by atoms with Crippen molar-refractivity contribution in [2.24, 2.45) is 7.05 Å². The minimum Gasteiger partial charge on any atom is -0.478 e. The minimum atomic E-state index is -0.946. The second kappa shape index (κ2) is 7.40. The number of aromatic carboxylic acids is 1. The van der Waals surface area contributed by atoms with Crippen molar-refractivity contribution in [1.29, 1.82) is 0 Å². The first kappa shape index (κ1) is 17.5. The van der Waals surface area contributed by atoms with Gasteiger partial charge in [0.2, 0.25) is 0 Å². The lowest BCUT2D eigenvalue weighted by molar-refractivity contribution is 0.0697. The highest BCUT2D eigenvalue weighted by Gasteiger charge is 2.27. The third-order valence-electron chi connectivity index (χ3n) is 5.28. The van der Waals surface area contributed by atoms with Crippen LogP contribution in [0.15, 0.2) is 53.2 Å². The Bertz CT molecular complexity index is 944. The van der Waals surface area contributed by atoms with Crippen molar-refractivity contribution in [3.05, 3.63) is 65.9 Å². The molecule has 2 aromatic heterocycles. The van der Waals surface area contributed by atoms with Crippen LogP contribution in [0.1, 0.15) is 34.8 Å². The smallest absolute Gasteiger partial charge is 0.336 e. The third kappa shape index (κ3) is 3.66. The maximum Gasteiger partial charge on any atom is 0.336 e. The molecular formula is C21H23N3O3. The van der Waals surface area contributed by atoms with Gasteiger partial charge in [0.15, 0.2) is 0 Å². The van der Waals surface area contributed by atoms with Crippen molar-refractivity contribution >= 4 is 5.97 Å². The number of likely N-dealkylation sites (tertiary alicyclic amines) is 1. The molecule has 0 aliphatic carbocycles. The number of carboxylic acid groups (broad SMARTS) is 1. The predicted molar refractivity (Wildman–Crippen MR) is 101 cm³/mol. The van der Waals surface area contributed by atoms with E-state index in [0.29, 0.717) is 17.4 Å². The number of carbonyl (C=O) groups is 1. The van der Waals surface area contributed by atoms with Crippen LogP contribution in [0.2, 0.25) is 0 Å². The predicted octanol–water partition coefficient (Wildman–Crippen LogP) is 3.59. The summed E-state index contributed by atoms with van der Waals surface area (Å²) in [4.78, 5) is 18.3. The fraction of sp³-hybridized carbons (Fsp3) is 0.333.